The summed E-state index contributed by atoms with van der Waals surface area (Å²) < 4.78 is 0. The Hall–Kier alpha value is -0.580. The van der Waals surface area contributed by atoms with Crippen LogP contribution in [-0.4, -0.2) is 5.78 Å². The van der Waals surface area contributed by atoms with Crippen LogP contribution in [0.15, 0.2) is 27.8 Å². The van der Waals surface area contributed by atoms with Gasteiger partial charge in [0.05, 0.1) is 9.75 Å². The quantitative estimate of drug-likeness (QED) is 0.697. The van der Waals surface area contributed by atoms with Crippen molar-refractivity contribution in [2.24, 2.45) is 0 Å². The maximum atomic E-state index is 12.1. The Morgan fingerprint density at radius 1 is 1.07 bits per heavy atom. The molecule has 1 nitrogen and oxygen atoms in total. The van der Waals surface area contributed by atoms with Gasteiger partial charge in [-0.05, 0) is 28.5 Å². The zero-order chi connectivity index (χ0) is 9.54. The summed E-state index contributed by atoms with van der Waals surface area (Å²) in [4.78, 5) is 15.0. The van der Waals surface area contributed by atoms with E-state index in [9.17, 15) is 4.79 Å². The van der Waals surface area contributed by atoms with E-state index < -0.39 is 0 Å². The molecule has 0 unspecified atom stereocenters. The summed E-state index contributed by atoms with van der Waals surface area (Å²) in [5.74, 6) is 1.14. The first kappa shape index (κ1) is 8.71. The lowest BCUT2D eigenvalue weighted by molar-refractivity contribution is 0.104. The van der Waals surface area contributed by atoms with E-state index >= 15 is 0 Å². The number of thiophene rings is 2. The molecule has 0 saturated carbocycles. The van der Waals surface area contributed by atoms with Gasteiger partial charge in [0.15, 0.2) is 0 Å². The fraction of sp³-hybridized carbons (Fsp3) is 0.100. The maximum Gasteiger partial charge on any atom is 0.214 e. The fourth-order valence-corrected chi connectivity index (χ4v) is 4.59. The van der Waals surface area contributed by atoms with Gasteiger partial charge in [-0.1, -0.05) is 0 Å². The van der Waals surface area contributed by atoms with Crippen molar-refractivity contribution in [2.75, 3.05) is 0 Å². The Labute approximate surface area is 93.8 Å². The van der Waals surface area contributed by atoms with Crippen LogP contribution in [-0.2, 0) is 5.75 Å². The molecule has 0 atom stereocenters. The van der Waals surface area contributed by atoms with Crippen LogP contribution in [0.5, 0.6) is 0 Å². The third kappa shape index (κ3) is 1.18. The first-order valence-electron chi connectivity index (χ1n) is 4.17. The van der Waals surface area contributed by atoms with Gasteiger partial charge in [-0.25, -0.2) is 0 Å². The molecule has 0 amide bonds. The van der Waals surface area contributed by atoms with Crippen molar-refractivity contribution in [3.8, 4) is 0 Å². The molecule has 0 saturated heterocycles. The van der Waals surface area contributed by atoms with E-state index in [0.29, 0.717) is 0 Å². The lowest BCUT2D eigenvalue weighted by Gasteiger charge is -1.93. The van der Waals surface area contributed by atoms with E-state index in [0.717, 1.165) is 20.4 Å². The lowest BCUT2D eigenvalue weighted by Crippen LogP contribution is -1.96. The third-order valence-electron chi connectivity index (χ3n) is 2.17. The van der Waals surface area contributed by atoms with Crippen molar-refractivity contribution in [1.29, 1.82) is 0 Å². The van der Waals surface area contributed by atoms with Crippen LogP contribution in [0.25, 0.3) is 0 Å². The van der Waals surface area contributed by atoms with Gasteiger partial charge >= 0.3 is 0 Å². The Kier molecular flexibility index (Phi) is 2.00. The van der Waals surface area contributed by atoms with Gasteiger partial charge in [0.2, 0.25) is 5.78 Å². The predicted octanol–water partition coefficient (Wildman–Crippen LogP) is 3.65. The average molecular weight is 238 g/mol. The molecule has 0 fully saturated rings. The van der Waals surface area contributed by atoms with Crippen molar-refractivity contribution < 1.29 is 4.79 Å². The summed E-state index contributed by atoms with van der Waals surface area (Å²) in [6, 6.07) is 4.10. The first-order chi connectivity index (χ1) is 6.86. The van der Waals surface area contributed by atoms with Crippen LogP contribution in [0.4, 0.5) is 0 Å². The molecule has 0 aliphatic carbocycles. The van der Waals surface area contributed by atoms with Crippen LogP contribution in [0.2, 0.25) is 0 Å². The predicted molar refractivity (Wildman–Crippen MR) is 61.6 cm³/mol. The Balaban J connectivity index is 2.22. The third-order valence-corrected chi connectivity index (χ3v) is 5.28. The van der Waals surface area contributed by atoms with Crippen LogP contribution in [0.1, 0.15) is 20.1 Å². The molecule has 0 aromatic carbocycles. The van der Waals surface area contributed by atoms with Gasteiger partial charge in [-0.15, -0.1) is 34.4 Å². The van der Waals surface area contributed by atoms with E-state index in [2.05, 4.69) is 6.07 Å². The molecule has 2 aromatic heterocycles. The zero-order valence-electron chi connectivity index (χ0n) is 7.15. The highest BCUT2D eigenvalue weighted by atomic mass is 32.2. The standard InChI is InChI=1S/C10H6OS3/c11-8-9-6(1-3-12-9)5-14-7-2-4-13-10(7)8/h1-4H,5H2. The molecule has 0 N–H and O–H groups in total. The van der Waals surface area contributed by atoms with Gasteiger partial charge < -0.3 is 0 Å². The minimum absolute atomic E-state index is 0.213. The summed E-state index contributed by atoms with van der Waals surface area (Å²) in [6.07, 6.45) is 0. The molecule has 0 bridgehead atoms. The molecular formula is C10H6OS3. The SMILES string of the molecule is O=C1c2sccc2CSc2ccsc21. The minimum Gasteiger partial charge on any atom is -0.287 e. The summed E-state index contributed by atoms with van der Waals surface area (Å²) in [6.45, 7) is 0. The van der Waals surface area contributed by atoms with Crippen LogP contribution < -0.4 is 0 Å². The van der Waals surface area contributed by atoms with Crippen LogP contribution in [0, 0.1) is 0 Å². The number of ketones is 1. The normalized spacial score (nSPS) is 14.7. The monoisotopic (exact) mass is 238 g/mol. The molecule has 14 heavy (non-hydrogen) atoms. The Bertz CT molecular complexity index is 451. The van der Waals surface area contributed by atoms with E-state index in [1.165, 1.54) is 5.56 Å². The Morgan fingerprint density at radius 3 is 2.79 bits per heavy atom. The summed E-state index contributed by atoms with van der Waals surface area (Å²) in [5.41, 5.74) is 1.19. The fourth-order valence-electron chi connectivity index (χ4n) is 1.48. The summed E-state index contributed by atoms with van der Waals surface area (Å²) in [5, 5.41) is 4.00. The minimum atomic E-state index is 0.213. The van der Waals surface area contributed by atoms with E-state index in [4.69, 9.17) is 0 Å². The van der Waals surface area contributed by atoms with Crippen molar-refractivity contribution in [3.05, 3.63) is 38.2 Å². The van der Waals surface area contributed by atoms with Crippen molar-refractivity contribution in [3.63, 3.8) is 0 Å². The number of hydrogen-bond acceptors (Lipinski definition) is 4. The van der Waals surface area contributed by atoms with Crippen molar-refractivity contribution in [2.45, 2.75) is 10.6 Å². The van der Waals surface area contributed by atoms with Gasteiger partial charge in [-0.3, -0.25) is 4.79 Å². The highest BCUT2D eigenvalue weighted by molar-refractivity contribution is 7.98. The lowest BCUT2D eigenvalue weighted by atomic mass is 10.2. The molecule has 0 radical (unpaired) electrons. The van der Waals surface area contributed by atoms with Crippen molar-refractivity contribution >= 4 is 40.2 Å². The molecule has 4 heteroatoms. The maximum absolute atomic E-state index is 12.1. The first-order valence-corrected chi connectivity index (χ1v) is 6.92. The van der Waals surface area contributed by atoms with E-state index in [1.54, 1.807) is 34.4 Å². The second-order valence-corrected chi connectivity index (χ2v) is 5.86. The Morgan fingerprint density at radius 2 is 1.86 bits per heavy atom. The van der Waals surface area contributed by atoms with E-state index in [1.807, 2.05) is 16.8 Å². The van der Waals surface area contributed by atoms with Crippen LogP contribution in [0.3, 0.4) is 0 Å². The van der Waals surface area contributed by atoms with Crippen molar-refractivity contribution in [1.82, 2.24) is 0 Å². The summed E-state index contributed by atoms with van der Waals surface area (Å²) >= 11 is 4.87. The number of rotatable bonds is 0. The van der Waals surface area contributed by atoms with E-state index in [-0.39, 0.29) is 5.78 Å². The molecule has 2 aromatic rings. The molecule has 3 heterocycles. The number of fused-ring (bicyclic) bond motifs is 2. The number of carbonyl (C=O) groups excluding carboxylic acids is 1. The van der Waals surface area contributed by atoms with Gasteiger partial charge in [0, 0.05) is 10.6 Å². The molecule has 3 rings (SSSR count). The van der Waals surface area contributed by atoms with Crippen LogP contribution >= 0.6 is 34.4 Å². The van der Waals surface area contributed by atoms with Gasteiger partial charge in [0.25, 0.3) is 0 Å². The largest absolute Gasteiger partial charge is 0.287 e. The van der Waals surface area contributed by atoms with Gasteiger partial charge in [-0.2, -0.15) is 0 Å². The topological polar surface area (TPSA) is 17.1 Å². The molecule has 1 aliphatic heterocycles. The average Bonchev–Trinajstić information content (AvgIpc) is 2.81. The number of hydrogen-bond donors (Lipinski definition) is 0. The summed E-state index contributed by atoms with van der Waals surface area (Å²) in [7, 11) is 0. The zero-order valence-corrected chi connectivity index (χ0v) is 9.60. The number of thioether (sulfide) groups is 1. The smallest absolute Gasteiger partial charge is 0.214 e. The second kappa shape index (κ2) is 3.22. The molecule has 70 valence electrons. The molecule has 0 spiro atoms. The highest BCUT2D eigenvalue weighted by Crippen LogP contribution is 2.38. The molecule has 1 aliphatic rings. The highest BCUT2D eigenvalue weighted by Gasteiger charge is 2.23. The number of carbonyl (C=O) groups is 1. The van der Waals surface area contributed by atoms with Gasteiger partial charge in [0.1, 0.15) is 0 Å². The molecular weight excluding hydrogens is 232 g/mol. The second-order valence-electron chi connectivity index (χ2n) is 3.01.